The Kier molecular flexibility index (Phi) is 6.09. The number of benzene rings is 2. The summed E-state index contributed by atoms with van der Waals surface area (Å²) in [7, 11) is 0. The maximum absolute atomic E-state index is 12.3. The molecule has 0 amide bonds. The molecule has 0 bridgehead atoms. The van der Waals surface area contributed by atoms with E-state index in [1.54, 1.807) is 0 Å². The summed E-state index contributed by atoms with van der Waals surface area (Å²) in [6, 6.07) is 14.4. The molecule has 0 saturated heterocycles. The van der Waals surface area contributed by atoms with Crippen LogP contribution in [0.5, 0.6) is 5.75 Å². The largest absolute Gasteiger partial charge is 0.491 e. The van der Waals surface area contributed by atoms with Crippen LogP contribution in [-0.2, 0) is 25.8 Å². The van der Waals surface area contributed by atoms with E-state index < -0.39 is 0 Å². The molecule has 0 aliphatic heterocycles. The predicted molar refractivity (Wildman–Crippen MR) is 115 cm³/mol. The molecule has 3 aromatic rings. The van der Waals surface area contributed by atoms with Gasteiger partial charge in [-0.1, -0.05) is 43.7 Å². The molecular weight excluding hydrogens is 360 g/mol. The van der Waals surface area contributed by atoms with Crippen molar-refractivity contribution in [2.24, 2.45) is 0 Å². The summed E-state index contributed by atoms with van der Waals surface area (Å²) in [6.45, 7) is 3.51. The number of aromatic nitrogens is 2. The Morgan fingerprint density at radius 1 is 1.10 bits per heavy atom. The molecule has 150 valence electrons. The Morgan fingerprint density at radius 2 is 1.97 bits per heavy atom. The number of carbonyl (C=O) groups is 1. The minimum atomic E-state index is 0.277. The van der Waals surface area contributed by atoms with E-state index in [-0.39, 0.29) is 5.78 Å². The second-order valence-electron chi connectivity index (χ2n) is 7.68. The number of hydrogen-bond donors (Lipinski definition) is 0. The second-order valence-corrected chi connectivity index (χ2v) is 7.68. The molecule has 0 N–H and O–H groups in total. The first-order valence-electron chi connectivity index (χ1n) is 10.6. The average molecular weight is 389 g/mol. The number of hydrogen-bond acceptors (Lipinski definition) is 3. The van der Waals surface area contributed by atoms with Gasteiger partial charge in [-0.3, -0.25) is 4.79 Å². The van der Waals surface area contributed by atoms with Crippen molar-refractivity contribution in [3.8, 4) is 5.75 Å². The number of Topliss-reactive ketones (excluding diaryl/α,β-unsaturated/α-hetero) is 1. The van der Waals surface area contributed by atoms with Gasteiger partial charge in [0.15, 0.2) is 5.78 Å². The average Bonchev–Trinajstić information content (AvgIpc) is 3.17. The highest BCUT2D eigenvalue weighted by molar-refractivity contribution is 5.99. The zero-order valence-corrected chi connectivity index (χ0v) is 17.1. The summed E-state index contributed by atoms with van der Waals surface area (Å²) < 4.78 is 8.37. The maximum atomic E-state index is 12.3. The molecule has 1 aromatic heterocycles. The van der Waals surface area contributed by atoms with Crippen molar-refractivity contribution in [3.63, 3.8) is 0 Å². The molecule has 1 aliphatic carbocycles. The van der Waals surface area contributed by atoms with Gasteiger partial charge in [0.2, 0.25) is 0 Å². The highest BCUT2D eigenvalue weighted by Crippen LogP contribution is 2.32. The summed E-state index contributed by atoms with van der Waals surface area (Å²) >= 11 is 0. The molecule has 2 aromatic carbocycles. The van der Waals surface area contributed by atoms with Crippen molar-refractivity contribution < 1.29 is 9.53 Å². The first-order chi connectivity index (χ1) is 14.3. The number of ketones is 1. The van der Waals surface area contributed by atoms with Crippen LogP contribution in [0.2, 0.25) is 0 Å². The molecule has 0 spiro atoms. The minimum Gasteiger partial charge on any atom is -0.491 e. The fourth-order valence-corrected chi connectivity index (χ4v) is 4.19. The zero-order valence-electron chi connectivity index (χ0n) is 17.1. The quantitative estimate of drug-likeness (QED) is 0.544. The number of nitrogens with zero attached hydrogens (tertiary/aromatic N) is 2. The smallest absolute Gasteiger partial charge is 0.163 e. The molecule has 1 aliphatic rings. The van der Waals surface area contributed by atoms with Crippen molar-refractivity contribution in [2.75, 3.05) is 6.61 Å². The van der Waals surface area contributed by atoms with E-state index >= 15 is 0 Å². The molecule has 4 heteroatoms. The first-order valence-corrected chi connectivity index (χ1v) is 10.6. The Morgan fingerprint density at radius 3 is 2.79 bits per heavy atom. The van der Waals surface area contributed by atoms with Gasteiger partial charge in [-0.2, -0.15) is 0 Å². The van der Waals surface area contributed by atoms with Crippen LogP contribution in [0.3, 0.4) is 0 Å². The fraction of sp³-hybridized carbons (Fsp3) is 0.360. The van der Waals surface area contributed by atoms with Crippen LogP contribution in [0.4, 0.5) is 0 Å². The SMILES string of the molecule is CCCc1c(OCCn2cncc2Cc2ccccc2)ccc2c1CCCC2=O. The van der Waals surface area contributed by atoms with E-state index in [4.69, 9.17) is 4.74 Å². The molecule has 0 saturated carbocycles. The van der Waals surface area contributed by atoms with E-state index in [0.717, 1.165) is 50.0 Å². The third kappa shape index (κ3) is 4.42. The van der Waals surface area contributed by atoms with Gasteiger partial charge in [0.05, 0.1) is 12.9 Å². The van der Waals surface area contributed by atoms with Gasteiger partial charge in [0.1, 0.15) is 12.4 Å². The number of ether oxygens (including phenoxy) is 1. The van der Waals surface area contributed by atoms with E-state index in [1.807, 2.05) is 30.7 Å². The van der Waals surface area contributed by atoms with Gasteiger partial charge in [0, 0.05) is 30.3 Å². The van der Waals surface area contributed by atoms with Crippen molar-refractivity contribution in [2.45, 2.75) is 52.0 Å². The van der Waals surface area contributed by atoms with Crippen LogP contribution >= 0.6 is 0 Å². The Hall–Kier alpha value is -2.88. The molecule has 4 rings (SSSR count). The number of fused-ring (bicyclic) bond motifs is 1. The molecule has 0 unspecified atom stereocenters. The Bertz CT molecular complexity index is 976. The molecule has 4 nitrogen and oxygen atoms in total. The highest BCUT2D eigenvalue weighted by Gasteiger charge is 2.22. The summed E-state index contributed by atoms with van der Waals surface area (Å²) in [6.07, 6.45) is 9.27. The van der Waals surface area contributed by atoms with Gasteiger partial charge in [-0.05, 0) is 48.1 Å². The van der Waals surface area contributed by atoms with Crippen LogP contribution in [0.15, 0.2) is 55.0 Å². The second kappa shape index (κ2) is 9.08. The molecule has 29 heavy (non-hydrogen) atoms. The lowest BCUT2D eigenvalue weighted by atomic mass is 9.85. The standard InChI is InChI=1S/C25H28N2O2/c1-2-7-23-21-10-6-11-24(28)22(21)12-13-25(23)29-15-14-27-18-26-17-20(27)16-19-8-4-3-5-9-19/h3-5,8-9,12-13,17-18H,2,6-7,10-11,14-16H2,1H3. The number of rotatable bonds is 8. The van der Waals surface area contributed by atoms with Crippen molar-refractivity contribution in [3.05, 3.63) is 82.9 Å². The number of imidazole rings is 1. The molecule has 0 fully saturated rings. The monoisotopic (exact) mass is 388 g/mol. The van der Waals surface area contributed by atoms with Crippen LogP contribution in [0.25, 0.3) is 0 Å². The summed E-state index contributed by atoms with van der Waals surface area (Å²) in [5, 5.41) is 0. The lowest BCUT2D eigenvalue weighted by Gasteiger charge is -2.21. The van der Waals surface area contributed by atoms with Gasteiger partial charge in [0.25, 0.3) is 0 Å². The Balaban J connectivity index is 1.45. The van der Waals surface area contributed by atoms with Crippen LogP contribution in [-0.4, -0.2) is 21.9 Å². The van der Waals surface area contributed by atoms with Gasteiger partial charge >= 0.3 is 0 Å². The van der Waals surface area contributed by atoms with E-state index in [1.165, 1.54) is 22.4 Å². The van der Waals surface area contributed by atoms with Gasteiger partial charge in [-0.25, -0.2) is 4.98 Å². The van der Waals surface area contributed by atoms with Crippen LogP contribution in [0.1, 0.15) is 58.9 Å². The molecule has 0 atom stereocenters. The van der Waals surface area contributed by atoms with Crippen molar-refractivity contribution in [1.82, 2.24) is 9.55 Å². The van der Waals surface area contributed by atoms with E-state index in [2.05, 4.69) is 40.7 Å². The Labute approximate surface area is 172 Å². The third-order valence-corrected chi connectivity index (χ3v) is 5.64. The summed E-state index contributed by atoms with van der Waals surface area (Å²) in [5.41, 5.74) is 5.82. The van der Waals surface area contributed by atoms with E-state index in [9.17, 15) is 4.79 Å². The minimum absolute atomic E-state index is 0.277. The van der Waals surface area contributed by atoms with E-state index in [0.29, 0.717) is 13.0 Å². The predicted octanol–water partition coefficient (Wildman–Crippen LogP) is 5.02. The fourth-order valence-electron chi connectivity index (χ4n) is 4.19. The normalized spacial score (nSPS) is 13.3. The maximum Gasteiger partial charge on any atom is 0.163 e. The van der Waals surface area contributed by atoms with Crippen molar-refractivity contribution >= 4 is 5.78 Å². The van der Waals surface area contributed by atoms with Crippen molar-refractivity contribution in [1.29, 1.82) is 0 Å². The lowest BCUT2D eigenvalue weighted by molar-refractivity contribution is 0.0972. The zero-order chi connectivity index (χ0) is 20.1. The molecule has 1 heterocycles. The van der Waals surface area contributed by atoms with Crippen LogP contribution in [0, 0.1) is 0 Å². The lowest BCUT2D eigenvalue weighted by Crippen LogP contribution is -2.16. The summed E-state index contributed by atoms with van der Waals surface area (Å²) in [4.78, 5) is 16.6. The first kappa shape index (κ1) is 19.4. The molecular formula is C25H28N2O2. The van der Waals surface area contributed by atoms with Crippen LogP contribution < -0.4 is 4.74 Å². The topological polar surface area (TPSA) is 44.1 Å². The third-order valence-electron chi connectivity index (χ3n) is 5.64. The highest BCUT2D eigenvalue weighted by atomic mass is 16.5. The van der Waals surface area contributed by atoms with Gasteiger partial charge in [-0.15, -0.1) is 0 Å². The molecule has 0 radical (unpaired) electrons. The van der Waals surface area contributed by atoms with Gasteiger partial charge < -0.3 is 9.30 Å². The summed E-state index contributed by atoms with van der Waals surface area (Å²) in [5.74, 6) is 1.21. The number of carbonyl (C=O) groups excluding carboxylic acids is 1.